The predicted molar refractivity (Wildman–Crippen MR) is 104 cm³/mol. The third-order valence-corrected chi connectivity index (χ3v) is 5.23. The van der Waals surface area contributed by atoms with Gasteiger partial charge in [0.1, 0.15) is 17.0 Å². The fourth-order valence-electron chi connectivity index (χ4n) is 3.77. The molecule has 0 aliphatic carbocycles. The minimum atomic E-state index is -0.387. The maximum absolute atomic E-state index is 14.6. The van der Waals surface area contributed by atoms with Crippen molar-refractivity contribution in [3.8, 4) is 17.0 Å². The van der Waals surface area contributed by atoms with Crippen molar-refractivity contribution in [3.63, 3.8) is 0 Å². The van der Waals surface area contributed by atoms with Gasteiger partial charge >= 0.3 is 0 Å². The van der Waals surface area contributed by atoms with E-state index in [0.717, 1.165) is 38.0 Å². The number of likely N-dealkylation sites (tertiary alicyclic amines) is 1. The van der Waals surface area contributed by atoms with Gasteiger partial charge in [-0.2, -0.15) is 0 Å². The van der Waals surface area contributed by atoms with Crippen LogP contribution in [0.2, 0.25) is 0 Å². The van der Waals surface area contributed by atoms with Crippen LogP contribution in [0.4, 0.5) is 10.3 Å². The van der Waals surface area contributed by atoms with Gasteiger partial charge in [0, 0.05) is 24.3 Å². The summed E-state index contributed by atoms with van der Waals surface area (Å²) in [4.78, 5) is 2.39. The Hall–Kier alpha value is -2.67. The minimum Gasteiger partial charge on any atom is -0.507 e. The molecule has 1 fully saturated rings. The number of nitrogens with one attached hydrogen (secondary N) is 1. The molecular formula is C20H24FN5O. The van der Waals surface area contributed by atoms with Gasteiger partial charge in [-0.15, -0.1) is 10.2 Å². The van der Waals surface area contributed by atoms with Gasteiger partial charge in [0.05, 0.1) is 0 Å². The highest BCUT2D eigenvalue weighted by atomic mass is 19.1. The molecule has 2 N–H and O–H groups in total. The minimum absolute atomic E-state index is 0.0679. The van der Waals surface area contributed by atoms with Gasteiger partial charge in [-0.3, -0.25) is 4.40 Å². The molecule has 6 nitrogen and oxygen atoms in total. The third-order valence-electron chi connectivity index (χ3n) is 5.23. The highest BCUT2D eigenvalue weighted by molar-refractivity contribution is 5.81. The summed E-state index contributed by atoms with van der Waals surface area (Å²) in [6.45, 7) is 7.11. The smallest absolute Gasteiger partial charge is 0.228 e. The highest BCUT2D eigenvalue weighted by Gasteiger charge is 2.22. The molecule has 1 atom stereocenters. The maximum atomic E-state index is 14.6. The SMILES string of the molecule is CCN1CCC[C@@H](Nc2nnc(-c3ccc(C)cc3O)c3c(F)ccn23)C1. The molecule has 1 aliphatic heterocycles. The fraction of sp³-hybridized carbons (Fsp3) is 0.400. The van der Waals surface area contributed by atoms with E-state index in [0.29, 0.717) is 22.7 Å². The first kappa shape index (κ1) is 17.7. The molecule has 0 saturated carbocycles. The van der Waals surface area contributed by atoms with E-state index < -0.39 is 0 Å². The van der Waals surface area contributed by atoms with E-state index in [9.17, 15) is 9.50 Å². The molecule has 1 aromatic carbocycles. The lowest BCUT2D eigenvalue weighted by molar-refractivity contribution is 0.226. The monoisotopic (exact) mass is 369 g/mol. The molecule has 27 heavy (non-hydrogen) atoms. The Kier molecular flexibility index (Phi) is 4.70. The average Bonchev–Trinajstić information content (AvgIpc) is 3.05. The van der Waals surface area contributed by atoms with Crippen molar-refractivity contribution >= 4 is 11.5 Å². The number of phenolic OH excluding ortho intramolecular Hbond substituents is 1. The van der Waals surface area contributed by atoms with Crippen LogP contribution in [0.1, 0.15) is 25.3 Å². The van der Waals surface area contributed by atoms with Gasteiger partial charge < -0.3 is 15.3 Å². The molecule has 2 aromatic heterocycles. The molecule has 0 bridgehead atoms. The van der Waals surface area contributed by atoms with Crippen LogP contribution >= 0.6 is 0 Å². The number of benzene rings is 1. The van der Waals surface area contributed by atoms with Crippen molar-refractivity contribution in [2.45, 2.75) is 32.7 Å². The molecule has 1 saturated heterocycles. The van der Waals surface area contributed by atoms with Crippen molar-refractivity contribution < 1.29 is 9.50 Å². The van der Waals surface area contributed by atoms with Gasteiger partial charge in [0.15, 0.2) is 5.82 Å². The quantitative estimate of drug-likeness (QED) is 0.737. The van der Waals surface area contributed by atoms with Crippen molar-refractivity contribution in [1.29, 1.82) is 0 Å². The second-order valence-corrected chi connectivity index (χ2v) is 7.15. The Morgan fingerprint density at radius 3 is 2.93 bits per heavy atom. The van der Waals surface area contributed by atoms with Gasteiger partial charge in [-0.05, 0) is 56.6 Å². The summed E-state index contributed by atoms with van der Waals surface area (Å²) in [5.74, 6) is 0.201. The molecule has 3 heterocycles. The number of piperidine rings is 1. The van der Waals surface area contributed by atoms with Crippen LogP contribution in [0.5, 0.6) is 5.75 Å². The Morgan fingerprint density at radius 1 is 1.30 bits per heavy atom. The third kappa shape index (κ3) is 3.35. The van der Waals surface area contributed by atoms with E-state index in [1.54, 1.807) is 22.7 Å². The molecular weight excluding hydrogens is 345 g/mol. The molecule has 0 amide bonds. The Balaban J connectivity index is 1.73. The Morgan fingerprint density at radius 2 is 2.15 bits per heavy atom. The molecule has 0 unspecified atom stereocenters. The molecule has 3 aromatic rings. The van der Waals surface area contributed by atoms with Gasteiger partial charge in [0.25, 0.3) is 0 Å². The topological polar surface area (TPSA) is 65.7 Å². The van der Waals surface area contributed by atoms with Crippen molar-refractivity contribution in [2.75, 3.05) is 25.0 Å². The second-order valence-electron chi connectivity index (χ2n) is 7.15. The van der Waals surface area contributed by atoms with Gasteiger partial charge in [-0.25, -0.2) is 4.39 Å². The first-order chi connectivity index (χ1) is 13.1. The number of hydrogen-bond donors (Lipinski definition) is 2. The Labute approximate surface area is 157 Å². The first-order valence-corrected chi connectivity index (χ1v) is 9.39. The van der Waals surface area contributed by atoms with Crippen LogP contribution in [-0.2, 0) is 0 Å². The standard InChI is InChI=1S/C20H24FN5O/c1-3-25-9-4-5-14(12-25)22-20-24-23-18(19-16(21)8-10-26(19)20)15-7-6-13(2)11-17(15)27/h6-8,10-11,14,27H,3-5,9,12H2,1-2H3,(H,22,24)/t14-/m1/s1. The number of hydrogen-bond acceptors (Lipinski definition) is 5. The summed E-state index contributed by atoms with van der Waals surface area (Å²) >= 11 is 0. The zero-order chi connectivity index (χ0) is 19.0. The number of fused-ring (bicyclic) bond motifs is 1. The molecule has 142 valence electrons. The number of halogens is 1. The normalized spacial score (nSPS) is 18.1. The zero-order valence-electron chi connectivity index (χ0n) is 15.6. The van der Waals surface area contributed by atoms with E-state index in [4.69, 9.17) is 0 Å². The molecule has 0 radical (unpaired) electrons. The molecule has 1 aliphatic rings. The summed E-state index contributed by atoms with van der Waals surface area (Å²) < 4.78 is 16.3. The molecule has 4 rings (SSSR count). The summed E-state index contributed by atoms with van der Waals surface area (Å²) in [6.07, 6.45) is 3.82. The van der Waals surface area contributed by atoms with Crippen molar-refractivity contribution in [3.05, 3.63) is 41.8 Å². The second kappa shape index (κ2) is 7.15. The molecule has 7 heteroatoms. The number of nitrogens with zero attached hydrogens (tertiary/aromatic N) is 4. The number of aryl methyl sites for hydroxylation is 1. The summed E-state index contributed by atoms with van der Waals surface area (Å²) in [6, 6.07) is 6.90. The fourth-order valence-corrected chi connectivity index (χ4v) is 3.77. The summed E-state index contributed by atoms with van der Waals surface area (Å²) in [7, 11) is 0. The first-order valence-electron chi connectivity index (χ1n) is 9.39. The number of likely N-dealkylation sites (N-methyl/N-ethyl adjacent to an activating group) is 1. The highest BCUT2D eigenvalue weighted by Crippen LogP contribution is 2.33. The summed E-state index contributed by atoms with van der Waals surface area (Å²) in [5, 5.41) is 22.3. The van der Waals surface area contributed by atoms with Crippen LogP contribution in [0.15, 0.2) is 30.5 Å². The van der Waals surface area contributed by atoms with E-state index in [2.05, 4.69) is 27.3 Å². The summed E-state index contributed by atoms with van der Waals surface area (Å²) in [5.41, 5.74) is 2.04. The number of phenols is 1. The van der Waals surface area contributed by atoms with E-state index in [1.807, 2.05) is 13.0 Å². The average molecular weight is 369 g/mol. The lowest BCUT2D eigenvalue weighted by Crippen LogP contribution is -2.42. The lowest BCUT2D eigenvalue weighted by atomic mass is 10.1. The van der Waals surface area contributed by atoms with Crippen LogP contribution < -0.4 is 5.32 Å². The van der Waals surface area contributed by atoms with E-state index >= 15 is 0 Å². The molecule has 0 spiro atoms. The van der Waals surface area contributed by atoms with Crippen molar-refractivity contribution in [1.82, 2.24) is 19.5 Å². The van der Waals surface area contributed by atoms with Crippen molar-refractivity contribution in [2.24, 2.45) is 0 Å². The van der Waals surface area contributed by atoms with E-state index in [-0.39, 0.29) is 17.6 Å². The number of rotatable bonds is 4. The van der Waals surface area contributed by atoms with Crippen LogP contribution in [0.3, 0.4) is 0 Å². The zero-order valence-corrected chi connectivity index (χ0v) is 15.6. The number of aromatic hydroxyl groups is 1. The lowest BCUT2D eigenvalue weighted by Gasteiger charge is -2.32. The number of aromatic nitrogens is 3. The largest absolute Gasteiger partial charge is 0.507 e. The van der Waals surface area contributed by atoms with Crippen LogP contribution in [-0.4, -0.2) is 50.3 Å². The van der Waals surface area contributed by atoms with Crippen LogP contribution in [0.25, 0.3) is 16.8 Å². The van der Waals surface area contributed by atoms with Gasteiger partial charge in [0.2, 0.25) is 5.95 Å². The van der Waals surface area contributed by atoms with Crippen LogP contribution in [0, 0.1) is 12.7 Å². The maximum Gasteiger partial charge on any atom is 0.228 e. The number of anilines is 1. The van der Waals surface area contributed by atoms with Gasteiger partial charge in [-0.1, -0.05) is 13.0 Å². The predicted octanol–water partition coefficient (Wildman–Crippen LogP) is 3.45. The van der Waals surface area contributed by atoms with E-state index in [1.165, 1.54) is 6.07 Å². The Bertz CT molecular complexity index is 970.